The number of nitrogens with two attached hydrogens (primary N) is 1. The van der Waals surface area contributed by atoms with E-state index in [4.69, 9.17) is 10.5 Å². The minimum absolute atomic E-state index is 0.169. The molecule has 5 nitrogen and oxygen atoms in total. The summed E-state index contributed by atoms with van der Waals surface area (Å²) in [5.74, 6) is 0.703. The lowest BCUT2D eigenvalue weighted by Crippen LogP contribution is -2.36. The van der Waals surface area contributed by atoms with E-state index in [9.17, 15) is 0 Å². The van der Waals surface area contributed by atoms with Crippen molar-refractivity contribution in [2.24, 2.45) is 7.05 Å². The quantitative estimate of drug-likeness (QED) is 0.752. The first-order chi connectivity index (χ1) is 6.44. The highest BCUT2D eigenvalue weighted by Crippen LogP contribution is 2.19. The van der Waals surface area contributed by atoms with Gasteiger partial charge in [-0.2, -0.15) is 5.10 Å². The summed E-state index contributed by atoms with van der Waals surface area (Å²) >= 11 is 0. The molecule has 0 fully saturated rings. The fourth-order valence-corrected chi connectivity index (χ4v) is 1.32. The Kier molecular flexibility index (Phi) is 3.00. The van der Waals surface area contributed by atoms with Crippen molar-refractivity contribution in [2.45, 2.75) is 19.4 Å². The molecule has 0 bridgehead atoms. The zero-order chi connectivity index (χ0) is 10.8. The van der Waals surface area contributed by atoms with Crippen LogP contribution in [0.5, 0.6) is 0 Å². The van der Waals surface area contributed by atoms with E-state index in [0.29, 0.717) is 18.1 Å². The fourth-order valence-electron chi connectivity index (χ4n) is 1.32. The van der Waals surface area contributed by atoms with Crippen molar-refractivity contribution < 1.29 is 4.74 Å². The molecule has 14 heavy (non-hydrogen) atoms. The third-order valence-electron chi connectivity index (χ3n) is 1.82. The number of rotatable bonds is 4. The molecule has 0 saturated heterocycles. The average Bonchev–Trinajstić information content (AvgIpc) is 2.28. The van der Waals surface area contributed by atoms with E-state index in [1.54, 1.807) is 18.0 Å². The van der Waals surface area contributed by atoms with Crippen LogP contribution in [-0.2, 0) is 11.8 Å². The normalized spacial score (nSPS) is 11.7. The van der Waals surface area contributed by atoms with Gasteiger partial charge in [-0.15, -0.1) is 0 Å². The van der Waals surface area contributed by atoms with Crippen molar-refractivity contribution in [1.29, 1.82) is 0 Å². The Balaban J connectivity index is 2.72. The second-order valence-corrected chi connectivity index (χ2v) is 4.05. The van der Waals surface area contributed by atoms with E-state index in [-0.39, 0.29) is 5.54 Å². The summed E-state index contributed by atoms with van der Waals surface area (Å²) in [6.07, 6.45) is 1.77. The Morgan fingerprint density at radius 3 is 2.71 bits per heavy atom. The van der Waals surface area contributed by atoms with Gasteiger partial charge >= 0.3 is 0 Å². The molecule has 1 rings (SSSR count). The topological polar surface area (TPSA) is 65.1 Å². The number of aromatic nitrogens is 2. The number of hydrogen-bond donors (Lipinski definition) is 2. The van der Waals surface area contributed by atoms with Gasteiger partial charge in [0.15, 0.2) is 5.82 Å². The molecule has 0 aliphatic heterocycles. The lowest BCUT2D eigenvalue weighted by atomic mass is 10.1. The summed E-state index contributed by atoms with van der Waals surface area (Å²) < 4.78 is 6.77. The van der Waals surface area contributed by atoms with E-state index >= 15 is 0 Å². The average molecular weight is 198 g/mol. The van der Waals surface area contributed by atoms with E-state index < -0.39 is 0 Å². The van der Waals surface area contributed by atoms with Crippen molar-refractivity contribution in [3.63, 3.8) is 0 Å². The Bertz CT molecular complexity index is 306. The van der Waals surface area contributed by atoms with Gasteiger partial charge in [0.2, 0.25) is 0 Å². The first kappa shape index (κ1) is 10.8. The third kappa shape index (κ3) is 2.63. The summed E-state index contributed by atoms with van der Waals surface area (Å²) in [5, 5.41) is 7.43. The van der Waals surface area contributed by atoms with Crippen LogP contribution in [0.25, 0.3) is 0 Å². The van der Waals surface area contributed by atoms with Crippen molar-refractivity contribution in [2.75, 3.05) is 24.8 Å². The maximum Gasteiger partial charge on any atom is 0.171 e. The summed E-state index contributed by atoms with van der Waals surface area (Å²) in [6, 6.07) is 0. The molecule has 1 heterocycles. The predicted molar refractivity (Wildman–Crippen MR) is 57.2 cm³/mol. The molecule has 0 spiro atoms. The number of nitrogen functional groups attached to an aromatic ring is 1. The van der Waals surface area contributed by atoms with Crippen molar-refractivity contribution in [3.8, 4) is 0 Å². The van der Waals surface area contributed by atoms with Crippen LogP contribution in [0.4, 0.5) is 11.5 Å². The van der Waals surface area contributed by atoms with Gasteiger partial charge in [-0.3, -0.25) is 4.68 Å². The Hall–Kier alpha value is -1.23. The molecule has 0 aromatic carbocycles. The summed E-state index contributed by atoms with van der Waals surface area (Å²) in [7, 11) is 3.51. The van der Waals surface area contributed by atoms with Crippen LogP contribution in [-0.4, -0.2) is 29.0 Å². The Morgan fingerprint density at radius 2 is 2.29 bits per heavy atom. The second kappa shape index (κ2) is 3.88. The number of methoxy groups -OCH3 is 1. The van der Waals surface area contributed by atoms with Crippen molar-refractivity contribution >= 4 is 11.5 Å². The molecule has 3 N–H and O–H groups in total. The SMILES string of the molecule is COCC(C)(C)Nc1nn(C)cc1N. The van der Waals surface area contributed by atoms with Gasteiger partial charge in [0.1, 0.15) is 0 Å². The van der Waals surface area contributed by atoms with Gasteiger partial charge < -0.3 is 15.8 Å². The molecule has 0 unspecified atom stereocenters. The van der Waals surface area contributed by atoms with Crippen molar-refractivity contribution in [3.05, 3.63) is 6.20 Å². The highest BCUT2D eigenvalue weighted by atomic mass is 16.5. The predicted octanol–water partition coefficient (Wildman–Crippen LogP) is 0.839. The molecule has 0 aliphatic carbocycles. The number of hydrogen-bond acceptors (Lipinski definition) is 4. The van der Waals surface area contributed by atoms with Crippen LogP contribution in [0.3, 0.4) is 0 Å². The fraction of sp³-hybridized carbons (Fsp3) is 0.667. The van der Waals surface area contributed by atoms with Gasteiger partial charge in [0.05, 0.1) is 17.8 Å². The zero-order valence-electron chi connectivity index (χ0n) is 9.16. The number of nitrogens with zero attached hydrogens (tertiary/aromatic N) is 2. The minimum Gasteiger partial charge on any atom is -0.394 e. The molecule has 5 heteroatoms. The molecular formula is C9H18N4O. The summed E-state index contributed by atoms with van der Waals surface area (Å²) in [6.45, 7) is 4.66. The Labute approximate surface area is 84.2 Å². The second-order valence-electron chi connectivity index (χ2n) is 4.05. The van der Waals surface area contributed by atoms with Crippen LogP contribution in [0.15, 0.2) is 6.20 Å². The van der Waals surface area contributed by atoms with Crippen molar-refractivity contribution in [1.82, 2.24) is 9.78 Å². The van der Waals surface area contributed by atoms with E-state index in [2.05, 4.69) is 10.4 Å². The van der Waals surface area contributed by atoms with Crippen LogP contribution in [0.2, 0.25) is 0 Å². The molecule has 80 valence electrons. The Morgan fingerprint density at radius 1 is 1.64 bits per heavy atom. The largest absolute Gasteiger partial charge is 0.394 e. The van der Waals surface area contributed by atoms with E-state index in [0.717, 1.165) is 0 Å². The van der Waals surface area contributed by atoms with E-state index in [1.807, 2.05) is 20.9 Å². The van der Waals surface area contributed by atoms with E-state index in [1.165, 1.54) is 0 Å². The van der Waals surface area contributed by atoms with Crippen LogP contribution < -0.4 is 11.1 Å². The zero-order valence-corrected chi connectivity index (χ0v) is 9.16. The molecule has 1 aromatic heterocycles. The summed E-state index contributed by atoms with van der Waals surface area (Å²) in [4.78, 5) is 0. The number of anilines is 2. The first-order valence-corrected chi connectivity index (χ1v) is 4.51. The molecular weight excluding hydrogens is 180 g/mol. The van der Waals surface area contributed by atoms with Gasteiger partial charge in [0.25, 0.3) is 0 Å². The maximum atomic E-state index is 5.76. The van der Waals surface area contributed by atoms with Gasteiger partial charge in [-0.1, -0.05) is 0 Å². The number of ether oxygens (including phenoxy) is 1. The molecule has 1 aromatic rings. The highest BCUT2D eigenvalue weighted by Gasteiger charge is 2.19. The molecule has 0 aliphatic rings. The van der Waals surface area contributed by atoms with Gasteiger partial charge in [0, 0.05) is 20.4 Å². The standard InChI is InChI=1S/C9H18N4O/c1-9(2,6-14-4)11-8-7(10)5-13(3)12-8/h5H,6,10H2,1-4H3,(H,11,12). The molecule has 0 atom stereocenters. The number of aryl methyl sites for hydroxylation is 1. The lowest BCUT2D eigenvalue weighted by Gasteiger charge is -2.25. The first-order valence-electron chi connectivity index (χ1n) is 4.51. The highest BCUT2D eigenvalue weighted by molar-refractivity contribution is 5.60. The summed E-state index contributed by atoms with van der Waals surface area (Å²) in [5.41, 5.74) is 6.24. The molecule has 0 saturated carbocycles. The lowest BCUT2D eigenvalue weighted by molar-refractivity contribution is 0.158. The van der Waals surface area contributed by atoms with Crippen LogP contribution in [0.1, 0.15) is 13.8 Å². The maximum absolute atomic E-state index is 5.76. The molecule has 0 radical (unpaired) electrons. The van der Waals surface area contributed by atoms with Crippen LogP contribution >= 0.6 is 0 Å². The third-order valence-corrected chi connectivity index (χ3v) is 1.82. The number of nitrogens with one attached hydrogen (secondary N) is 1. The minimum atomic E-state index is -0.169. The van der Waals surface area contributed by atoms with Crippen LogP contribution in [0, 0.1) is 0 Å². The van der Waals surface area contributed by atoms with Gasteiger partial charge in [-0.25, -0.2) is 0 Å². The molecule has 0 amide bonds. The van der Waals surface area contributed by atoms with Gasteiger partial charge in [-0.05, 0) is 13.8 Å². The smallest absolute Gasteiger partial charge is 0.171 e. The monoisotopic (exact) mass is 198 g/mol.